The standard InChI is InChI=1S/C22H29N3O4S/c1-17-4-10-21(11-5-17)30(27,28)25(19-6-8-20(29-3)9-7-19)16-22(26)23-18-12-14-24(2)15-13-18/h4-11,18H,12-16H2,1-3H3,(H,23,26). The van der Waals surface area contributed by atoms with Crippen LogP contribution in [0.4, 0.5) is 5.69 Å². The molecule has 8 heteroatoms. The quantitative estimate of drug-likeness (QED) is 0.728. The second kappa shape index (κ2) is 9.49. The lowest BCUT2D eigenvalue weighted by molar-refractivity contribution is -0.120. The van der Waals surface area contributed by atoms with Gasteiger partial charge in [-0.15, -0.1) is 0 Å². The summed E-state index contributed by atoms with van der Waals surface area (Å²) in [5.41, 5.74) is 1.37. The maximum atomic E-state index is 13.4. The summed E-state index contributed by atoms with van der Waals surface area (Å²) in [4.78, 5) is 15.1. The van der Waals surface area contributed by atoms with Crippen LogP contribution in [-0.2, 0) is 14.8 Å². The van der Waals surface area contributed by atoms with E-state index in [1.165, 1.54) is 0 Å². The van der Waals surface area contributed by atoms with Gasteiger partial charge in [-0.1, -0.05) is 17.7 Å². The number of carbonyl (C=O) groups excluding carboxylic acids is 1. The predicted octanol–water partition coefficient (Wildman–Crippen LogP) is 2.41. The van der Waals surface area contributed by atoms with E-state index in [4.69, 9.17) is 4.74 Å². The van der Waals surface area contributed by atoms with E-state index >= 15 is 0 Å². The number of rotatable bonds is 7. The van der Waals surface area contributed by atoms with Crippen LogP contribution < -0.4 is 14.4 Å². The number of piperidine rings is 1. The van der Waals surface area contributed by atoms with Crippen LogP contribution in [0, 0.1) is 6.92 Å². The van der Waals surface area contributed by atoms with Crippen molar-refractivity contribution in [3.63, 3.8) is 0 Å². The minimum absolute atomic E-state index is 0.0634. The van der Waals surface area contributed by atoms with Crippen molar-refractivity contribution in [1.82, 2.24) is 10.2 Å². The molecule has 0 bridgehead atoms. The molecule has 1 fully saturated rings. The van der Waals surface area contributed by atoms with Crippen LogP contribution in [0.15, 0.2) is 53.4 Å². The fourth-order valence-corrected chi connectivity index (χ4v) is 4.88. The Morgan fingerprint density at radius 2 is 1.70 bits per heavy atom. The number of nitrogens with zero attached hydrogens (tertiary/aromatic N) is 2. The Bertz CT molecular complexity index is 951. The van der Waals surface area contributed by atoms with Gasteiger partial charge in [-0.25, -0.2) is 8.42 Å². The van der Waals surface area contributed by atoms with Gasteiger partial charge in [-0.3, -0.25) is 9.10 Å². The number of anilines is 1. The average Bonchev–Trinajstić information content (AvgIpc) is 2.74. The molecule has 7 nitrogen and oxygen atoms in total. The Balaban J connectivity index is 1.85. The number of methoxy groups -OCH3 is 1. The summed E-state index contributed by atoms with van der Waals surface area (Å²) in [6.07, 6.45) is 1.71. The summed E-state index contributed by atoms with van der Waals surface area (Å²) >= 11 is 0. The third-order valence-corrected chi connectivity index (χ3v) is 7.13. The monoisotopic (exact) mass is 431 g/mol. The molecule has 2 aromatic carbocycles. The maximum absolute atomic E-state index is 13.4. The van der Waals surface area contributed by atoms with Gasteiger partial charge in [0.15, 0.2) is 0 Å². The lowest BCUT2D eigenvalue weighted by Gasteiger charge is -2.30. The lowest BCUT2D eigenvalue weighted by Crippen LogP contribution is -2.47. The van der Waals surface area contributed by atoms with Gasteiger partial charge in [0, 0.05) is 6.04 Å². The molecule has 162 valence electrons. The molecule has 1 heterocycles. The van der Waals surface area contributed by atoms with Crippen molar-refractivity contribution in [1.29, 1.82) is 0 Å². The molecule has 0 unspecified atom stereocenters. The van der Waals surface area contributed by atoms with Gasteiger partial charge in [0.2, 0.25) is 5.91 Å². The summed E-state index contributed by atoms with van der Waals surface area (Å²) in [5.74, 6) is 0.304. The number of nitrogens with one attached hydrogen (secondary N) is 1. The first-order chi connectivity index (χ1) is 14.3. The molecule has 0 spiro atoms. The number of amides is 1. The van der Waals surface area contributed by atoms with Crippen LogP contribution in [0.5, 0.6) is 5.75 Å². The van der Waals surface area contributed by atoms with Crippen LogP contribution in [0.25, 0.3) is 0 Å². The summed E-state index contributed by atoms with van der Waals surface area (Å²) in [7, 11) is -0.312. The molecule has 0 aliphatic carbocycles. The summed E-state index contributed by atoms with van der Waals surface area (Å²) in [6, 6.07) is 13.3. The van der Waals surface area contributed by atoms with Gasteiger partial charge in [0.05, 0.1) is 17.7 Å². The van der Waals surface area contributed by atoms with E-state index < -0.39 is 10.0 Å². The highest BCUT2D eigenvalue weighted by Crippen LogP contribution is 2.26. The van der Waals surface area contributed by atoms with Gasteiger partial charge in [-0.2, -0.15) is 0 Å². The van der Waals surface area contributed by atoms with E-state index in [0.29, 0.717) is 11.4 Å². The first-order valence-corrected chi connectivity index (χ1v) is 11.4. The number of ether oxygens (including phenoxy) is 1. The van der Waals surface area contributed by atoms with Gasteiger partial charge < -0.3 is 15.0 Å². The zero-order valence-corrected chi connectivity index (χ0v) is 18.5. The molecule has 2 aromatic rings. The van der Waals surface area contributed by atoms with Gasteiger partial charge >= 0.3 is 0 Å². The van der Waals surface area contributed by atoms with Crippen LogP contribution >= 0.6 is 0 Å². The van der Waals surface area contributed by atoms with E-state index in [0.717, 1.165) is 35.8 Å². The Morgan fingerprint density at radius 1 is 1.10 bits per heavy atom. The summed E-state index contributed by atoms with van der Waals surface area (Å²) < 4.78 is 33.1. The number of hydrogen-bond donors (Lipinski definition) is 1. The highest BCUT2D eigenvalue weighted by Gasteiger charge is 2.28. The Kier molecular flexibility index (Phi) is 6.99. The Labute approximate surface area is 178 Å². The highest BCUT2D eigenvalue weighted by atomic mass is 32.2. The normalized spacial score (nSPS) is 15.6. The molecule has 1 amide bonds. The molecule has 0 aromatic heterocycles. The molecule has 1 N–H and O–H groups in total. The number of benzene rings is 2. The van der Waals surface area contributed by atoms with Crippen LogP contribution in [0.1, 0.15) is 18.4 Å². The van der Waals surface area contributed by atoms with Gasteiger partial charge in [0.25, 0.3) is 10.0 Å². The molecule has 0 radical (unpaired) electrons. The van der Waals surface area contributed by atoms with E-state index in [-0.39, 0.29) is 23.4 Å². The van der Waals surface area contributed by atoms with Crippen molar-refractivity contribution >= 4 is 21.6 Å². The molecular weight excluding hydrogens is 402 g/mol. The Morgan fingerprint density at radius 3 is 2.27 bits per heavy atom. The van der Waals surface area contributed by atoms with Crippen molar-refractivity contribution in [3.05, 3.63) is 54.1 Å². The molecule has 1 aliphatic rings. The number of sulfonamides is 1. The second-order valence-electron chi connectivity index (χ2n) is 7.67. The van der Waals surface area contributed by atoms with Crippen molar-refractivity contribution in [2.45, 2.75) is 30.7 Å². The maximum Gasteiger partial charge on any atom is 0.264 e. The average molecular weight is 432 g/mol. The zero-order chi connectivity index (χ0) is 21.7. The van der Waals surface area contributed by atoms with Crippen LogP contribution in [0.2, 0.25) is 0 Å². The highest BCUT2D eigenvalue weighted by molar-refractivity contribution is 7.92. The molecule has 0 saturated carbocycles. The molecule has 0 atom stereocenters. The summed E-state index contributed by atoms with van der Waals surface area (Å²) in [5, 5.41) is 3.00. The minimum atomic E-state index is -3.91. The van der Waals surface area contributed by atoms with E-state index in [2.05, 4.69) is 17.3 Å². The first-order valence-electron chi connectivity index (χ1n) is 10.0. The number of hydrogen-bond acceptors (Lipinski definition) is 5. The number of aryl methyl sites for hydroxylation is 1. The van der Waals surface area contributed by atoms with Gasteiger partial charge in [-0.05, 0) is 76.3 Å². The van der Waals surface area contributed by atoms with Crippen molar-refractivity contribution in [2.75, 3.05) is 38.1 Å². The lowest BCUT2D eigenvalue weighted by atomic mass is 10.1. The molecular formula is C22H29N3O4S. The van der Waals surface area contributed by atoms with E-state index in [9.17, 15) is 13.2 Å². The van der Waals surface area contributed by atoms with Crippen LogP contribution in [-0.4, -0.2) is 59.1 Å². The third kappa shape index (κ3) is 5.31. The second-order valence-corrected chi connectivity index (χ2v) is 9.53. The van der Waals surface area contributed by atoms with E-state index in [1.807, 2.05) is 6.92 Å². The third-order valence-electron chi connectivity index (χ3n) is 5.34. The minimum Gasteiger partial charge on any atom is -0.497 e. The first kappa shape index (κ1) is 22.1. The fraction of sp³-hybridized carbons (Fsp3) is 0.409. The molecule has 1 saturated heterocycles. The Hall–Kier alpha value is -2.58. The van der Waals surface area contributed by atoms with Crippen LogP contribution in [0.3, 0.4) is 0 Å². The largest absolute Gasteiger partial charge is 0.497 e. The smallest absolute Gasteiger partial charge is 0.264 e. The number of carbonyl (C=O) groups is 1. The fourth-order valence-electron chi connectivity index (χ4n) is 3.46. The molecule has 3 rings (SSSR count). The molecule has 30 heavy (non-hydrogen) atoms. The SMILES string of the molecule is COc1ccc(N(CC(=O)NC2CCN(C)CC2)S(=O)(=O)c2ccc(C)cc2)cc1. The van der Waals surface area contributed by atoms with Crippen molar-refractivity contribution < 1.29 is 17.9 Å². The number of likely N-dealkylation sites (tertiary alicyclic amines) is 1. The summed E-state index contributed by atoms with van der Waals surface area (Å²) in [6.45, 7) is 3.44. The van der Waals surface area contributed by atoms with Crippen molar-refractivity contribution in [3.8, 4) is 5.75 Å². The topological polar surface area (TPSA) is 79.0 Å². The van der Waals surface area contributed by atoms with Gasteiger partial charge in [0.1, 0.15) is 12.3 Å². The zero-order valence-electron chi connectivity index (χ0n) is 17.7. The van der Waals surface area contributed by atoms with Crippen molar-refractivity contribution in [2.24, 2.45) is 0 Å². The van der Waals surface area contributed by atoms with E-state index in [1.54, 1.807) is 55.6 Å². The predicted molar refractivity (Wildman–Crippen MR) is 117 cm³/mol. The molecule has 1 aliphatic heterocycles.